The zero-order valence-corrected chi connectivity index (χ0v) is 15.2. The molecule has 0 aliphatic carbocycles. The lowest BCUT2D eigenvalue weighted by atomic mass is 10.1. The summed E-state index contributed by atoms with van der Waals surface area (Å²) in [6.07, 6.45) is 2.16. The van der Waals surface area contributed by atoms with E-state index in [4.69, 9.17) is 0 Å². The molecular formula is C18H30N2OS. The molecule has 1 N–H and O–H groups in total. The molecule has 0 aromatic heterocycles. The van der Waals surface area contributed by atoms with Crippen molar-refractivity contribution in [1.29, 1.82) is 0 Å². The van der Waals surface area contributed by atoms with Crippen molar-refractivity contribution in [1.82, 2.24) is 10.2 Å². The predicted molar refractivity (Wildman–Crippen MR) is 96.4 cm³/mol. The van der Waals surface area contributed by atoms with Gasteiger partial charge in [0.2, 0.25) is 5.91 Å². The molecule has 0 heterocycles. The Labute approximate surface area is 139 Å². The van der Waals surface area contributed by atoms with Gasteiger partial charge in [0.25, 0.3) is 0 Å². The molecule has 0 bridgehead atoms. The number of hydrogen-bond acceptors (Lipinski definition) is 3. The van der Waals surface area contributed by atoms with E-state index in [9.17, 15) is 4.79 Å². The van der Waals surface area contributed by atoms with Crippen molar-refractivity contribution in [3.8, 4) is 0 Å². The molecule has 4 heteroatoms. The maximum atomic E-state index is 12.2. The van der Waals surface area contributed by atoms with Gasteiger partial charge in [-0.05, 0) is 58.5 Å². The summed E-state index contributed by atoms with van der Waals surface area (Å²) in [6, 6.07) is 10.3. The van der Waals surface area contributed by atoms with Crippen LogP contribution in [0.25, 0.3) is 0 Å². The highest BCUT2D eigenvalue weighted by atomic mass is 32.2. The lowest BCUT2D eigenvalue weighted by Gasteiger charge is -2.20. The van der Waals surface area contributed by atoms with Gasteiger partial charge in [0, 0.05) is 10.9 Å². The number of nitrogens with one attached hydrogen (secondary N) is 1. The van der Waals surface area contributed by atoms with Crippen LogP contribution in [0.1, 0.15) is 40.5 Å². The van der Waals surface area contributed by atoms with Crippen LogP contribution in [0, 0.1) is 0 Å². The predicted octanol–water partition coefficient (Wildman–Crippen LogP) is 3.79. The Kier molecular flexibility index (Phi) is 9.25. The molecule has 1 amide bonds. The van der Waals surface area contributed by atoms with Crippen LogP contribution in [-0.4, -0.2) is 41.7 Å². The van der Waals surface area contributed by atoms with Crippen LogP contribution in [0.15, 0.2) is 35.2 Å². The monoisotopic (exact) mass is 322 g/mol. The number of benzene rings is 1. The van der Waals surface area contributed by atoms with Crippen molar-refractivity contribution in [2.24, 2.45) is 0 Å². The summed E-state index contributed by atoms with van der Waals surface area (Å²) in [4.78, 5) is 15.8. The fourth-order valence-corrected chi connectivity index (χ4v) is 3.25. The van der Waals surface area contributed by atoms with Gasteiger partial charge in [-0.3, -0.25) is 4.79 Å². The highest BCUT2D eigenvalue weighted by Gasteiger charge is 2.16. The summed E-state index contributed by atoms with van der Waals surface area (Å²) < 4.78 is 0. The Bertz CT molecular complexity index is 420. The number of carbonyl (C=O) groups is 1. The van der Waals surface area contributed by atoms with Crippen LogP contribution in [0.2, 0.25) is 0 Å². The third-order valence-electron chi connectivity index (χ3n) is 3.82. The fraction of sp³-hybridized carbons (Fsp3) is 0.611. The van der Waals surface area contributed by atoms with Gasteiger partial charge >= 0.3 is 0 Å². The summed E-state index contributed by atoms with van der Waals surface area (Å²) in [5.74, 6) is 0.129. The van der Waals surface area contributed by atoms with Crippen molar-refractivity contribution in [3.05, 3.63) is 30.3 Å². The molecule has 0 saturated carbocycles. The Morgan fingerprint density at radius 1 is 1.18 bits per heavy atom. The van der Waals surface area contributed by atoms with Crippen LogP contribution in [0.5, 0.6) is 0 Å². The minimum Gasteiger partial charge on any atom is -0.353 e. The van der Waals surface area contributed by atoms with Crippen molar-refractivity contribution in [2.75, 3.05) is 19.6 Å². The minimum atomic E-state index is -0.0624. The molecule has 1 aromatic carbocycles. The molecule has 3 nitrogen and oxygen atoms in total. The first-order chi connectivity index (χ1) is 10.6. The van der Waals surface area contributed by atoms with Crippen molar-refractivity contribution in [3.63, 3.8) is 0 Å². The van der Waals surface area contributed by atoms with E-state index in [0.29, 0.717) is 0 Å². The maximum absolute atomic E-state index is 12.2. The summed E-state index contributed by atoms with van der Waals surface area (Å²) in [7, 11) is 0. The van der Waals surface area contributed by atoms with Gasteiger partial charge in [-0.1, -0.05) is 32.0 Å². The van der Waals surface area contributed by atoms with E-state index in [2.05, 4.69) is 31.0 Å². The summed E-state index contributed by atoms with van der Waals surface area (Å²) in [6.45, 7) is 11.8. The third kappa shape index (κ3) is 7.32. The third-order valence-corrected chi connectivity index (χ3v) is 4.93. The summed E-state index contributed by atoms with van der Waals surface area (Å²) in [5, 5.41) is 3.07. The van der Waals surface area contributed by atoms with Gasteiger partial charge in [-0.2, -0.15) is 0 Å². The lowest BCUT2D eigenvalue weighted by molar-refractivity contribution is -0.120. The molecular weight excluding hydrogens is 292 g/mol. The quantitative estimate of drug-likeness (QED) is 0.665. The van der Waals surface area contributed by atoms with Gasteiger partial charge < -0.3 is 10.2 Å². The first-order valence-electron chi connectivity index (χ1n) is 8.31. The molecule has 0 fully saturated rings. The standard InChI is InChI=1S/C18H30N2OS/c1-5-20(6-2)14-10-11-15(3)19-18(21)16(4)22-17-12-8-7-9-13-17/h7-9,12-13,15-16H,5-6,10-11,14H2,1-4H3,(H,19,21)/t15-,16-/m1/s1. The van der Waals surface area contributed by atoms with E-state index in [0.717, 1.165) is 37.4 Å². The van der Waals surface area contributed by atoms with E-state index >= 15 is 0 Å². The van der Waals surface area contributed by atoms with E-state index in [1.54, 1.807) is 11.8 Å². The molecule has 0 unspecified atom stereocenters. The van der Waals surface area contributed by atoms with E-state index in [1.807, 2.05) is 37.3 Å². The normalized spacial score (nSPS) is 13.9. The van der Waals surface area contributed by atoms with Crippen LogP contribution in [0.4, 0.5) is 0 Å². The average molecular weight is 323 g/mol. The number of nitrogens with zero attached hydrogens (tertiary/aromatic N) is 1. The molecule has 124 valence electrons. The number of thioether (sulfide) groups is 1. The maximum Gasteiger partial charge on any atom is 0.233 e. The zero-order chi connectivity index (χ0) is 16.4. The molecule has 22 heavy (non-hydrogen) atoms. The number of carbonyl (C=O) groups excluding carboxylic acids is 1. The van der Waals surface area contributed by atoms with E-state index in [1.165, 1.54) is 0 Å². The molecule has 0 spiro atoms. The lowest BCUT2D eigenvalue weighted by Crippen LogP contribution is -2.38. The molecule has 1 aromatic rings. The van der Waals surface area contributed by atoms with E-state index < -0.39 is 0 Å². The second kappa shape index (κ2) is 10.7. The van der Waals surface area contributed by atoms with Gasteiger partial charge in [-0.15, -0.1) is 11.8 Å². The number of amides is 1. The number of rotatable bonds is 10. The van der Waals surface area contributed by atoms with Gasteiger partial charge in [0.1, 0.15) is 0 Å². The topological polar surface area (TPSA) is 32.3 Å². The second-order valence-electron chi connectivity index (χ2n) is 5.65. The molecule has 0 saturated heterocycles. The summed E-state index contributed by atoms with van der Waals surface area (Å²) in [5.41, 5.74) is 0. The first-order valence-corrected chi connectivity index (χ1v) is 9.19. The molecule has 0 aliphatic rings. The second-order valence-corrected chi connectivity index (χ2v) is 7.07. The highest BCUT2D eigenvalue weighted by molar-refractivity contribution is 8.00. The van der Waals surface area contributed by atoms with Crippen molar-refractivity contribution in [2.45, 2.75) is 56.7 Å². The van der Waals surface area contributed by atoms with Crippen LogP contribution in [0.3, 0.4) is 0 Å². The molecule has 1 rings (SSSR count). The summed E-state index contributed by atoms with van der Waals surface area (Å²) >= 11 is 1.61. The zero-order valence-electron chi connectivity index (χ0n) is 14.3. The van der Waals surface area contributed by atoms with Crippen LogP contribution >= 0.6 is 11.8 Å². The first kappa shape index (κ1) is 19.0. The van der Waals surface area contributed by atoms with Gasteiger partial charge in [0.15, 0.2) is 0 Å². The van der Waals surface area contributed by atoms with E-state index in [-0.39, 0.29) is 17.2 Å². The van der Waals surface area contributed by atoms with Gasteiger partial charge in [0.05, 0.1) is 5.25 Å². The largest absolute Gasteiger partial charge is 0.353 e. The smallest absolute Gasteiger partial charge is 0.233 e. The molecule has 0 radical (unpaired) electrons. The Morgan fingerprint density at radius 2 is 1.82 bits per heavy atom. The minimum absolute atomic E-state index is 0.0624. The van der Waals surface area contributed by atoms with Crippen LogP contribution in [-0.2, 0) is 4.79 Å². The van der Waals surface area contributed by atoms with Crippen molar-refractivity contribution < 1.29 is 4.79 Å². The Morgan fingerprint density at radius 3 is 2.41 bits per heavy atom. The van der Waals surface area contributed by atoms with Crippen molar-refractivity contribution >= 4 is 17.7 Å². The Balaban J connectivity index is 2.28. The highest BCUT2D eigenvalue weighted by Crippen LogP contribution is 2.22. The molecule has 0 aliphatic heterocycles. The average Bonchev–Trinajstić information content (AvgIpc) is 2.52. The van der Waals surface area contributed by atoms with Gasteiger partial charge in [-0.25, -0.2) is 0 Å². The van der Waals surface area contributed by atoms with Crippen LogP contribution < -0.4 is 5.32 Å². The number of hydrogen-bond donors (Lipinski definition) is 1. The Hall–Kier alpha value is -1.00. The fourth-order valence-electron chi connectivity index (χ4n) is 2.35. The SMILES string of the molecule is CCN(CC)CCC[C@@H](C)NC(=O)[C@@H](C)Sc1ccccc1. The molecule has 2 atom stereocenters.